The van der Waals surface area contributed by atoms with Gasteiger partial charge in [0.1, 0.15) is 0 Å². The number of hydrogen-bond acceptors (Lipinski definition) is 2. The number of hydrogen-bond donors (Lipinski definition) is 1. The average Bonchev–Trinajstić information content (AvgIpc) is 2.49. The monoisotopic (exact) mass is 303 g/mol. The predicted octanol–water partition coefficient (Wildman–Crippen LogP) is 4.87. The topological polar surface area (TPSA) is 29.1 Å². The molecule has 0 radical (unpaired) electrons. The molecule has 0 bridgehead atoms. The van der Waals surface area contributed by atoms with Gasteiger partial charge in [0, 0.05) is 15.5 Å². The number of amides is 1. The van der Waals surface area contributed by atoms with E-state index in [2.05, 4.69) is 43.4 Å². The van der Waals surface area contributed by atoms with Crippen molar-refractivity contribution >= 4 is 23.4 Å². The minimum Gasteiger partial charge on any atom is -0.324 e. The highest BCUT2D eigenvalue weighted by Gasteiger charge is 2.03. The van der Waals surface area contributed by atoms with Crippen LogP contribution < -0.4 is 5.32 Å². The molecule has 0 spiro atoms. The summed E-state index contributed by atoms with van der Waals surface area (Å²) in [5, 5.41) is 2.48. The number of anilines is 1. The number of carbonyl (C=O) groups excluding carboxylic acids is 1. The van der Waals surface area contributed by atoms with Crippen LogP contribution in [0.2, 0.25) is 0 Å². The molecule has 2 aromatic carbocycles. The number of carbonyl (C=O) groups is 1. The molecule has 0 atom stereocenters. The summed E-state index contributed by atoms with van der Waals surface area (Å²) in [5.41, 5.74) is 1.93. The summed E-state index contributed by atoms with van der Waals surface area (Å²) >= 11 is 1.65. The second kappa shape index (κ2) is 7.27. The Labute approximate surface area is 128 Å². The van der Waals surface area contributed by atoms with E-state index in [1.165, 1.54) is 10.5 Å². The number of halogens is 1. The Morgan fingerprint density at radius 1 is 1.05 bits per heavy atom. The summed E-state index contributed by atoms with van der Waals surface area (Å²) in [6.07, 6.45) is 0. The molecule has 21 heavy (non-hydrogen) atoms. The molecular weight excluding hydrogens is 285 g/mol. The minimum absolute atomic E-state index is 0.530. The normalized spacial score (nSPS) is 10.7. The molecular formula is C17H18FNOS. The van der Waals surface area contributed by atoms with Gasteiger partial charge in [-0.1, -0.05) is 37.7 Å². The molecule has 0 aliphatic rings. The van der Waals surface area contributed by atoms with E-state index < -0.39 is 12.6 Å². The van der Waals surface area contributed by atoms with Crippen LogP contribution in [0.3, 0.4) is 0 Å². The van der Waals surface area contributed by atoms with Crippen molar-refractivity contribution in [2.45, 2.75) is 29.6 Å². The van der Waals surface area contributed by atoms with Crippen molar-refractivity contribution in [3.05, 3.63) is 54.1 Å². The van der Waals surface area contributed by atoms with Crippen LogP contribution in [-0.2, 0) is 4.79 Å². The van der Waals surface area contributed by atoms with Gasteiger partial charge in [-0.2, -0.15) is 0 Å². The molecule has 2 nitrogen and oxygen atoms in total. The Morgan fingerprint density at radius 3 is 2.05 bits per heavy atom. The molecule has 0 saturated carbocycles. The van der Waals surface area contributed by atoms with Gasteiger partial charge in [0.25, 0.3) is 5.91 Å². The van der Waals surface area contributed by atoms with Crippen molar-refractivity contribution in [1.82, 2.24) is 0 Å². The molecule has 0 fully saturated rings. The Kier molecular flexibility index (Phi) is 5.39. The van der Waals surface area contributed by atoms with E-state index in [0.717, 1.165) is 4.90 Å². The van der Waals surface area contributed by atoms with Crippen molar-refractivity contribution in [3.63, 3.8) is 0 Å². The van der Waals surface area contributed by atoms with Gasteiger partial charge in [-0.05, 0) is 47.9 Å². The fraction of sp³-hybridized carbons (Fsp3) is 0.235. The molecule has 0 aromatic heterocycles. The molecule has 4 heteroatoms. The maximum Gasteiger partial charge on any atom is 0.255 e. The number of benzene rings is 2. The molecule has 0 unspecified atom stereocenters. The van der Waals surface area contributed by atoms with E-state index in [9.17, 15) is 9.18 Å². The van der Waals surface area contributed by atoms with Crippen LogP contribution in [0.4, 0.5) is 10.1 Å². The first-order valence-corrected chi connectivity index (χ1v) is 7.64. The van der Waals surface area contributed by atoms with Gasteiger partial charge in [-0.25, -0.2) is 4.39 Å². The molecule has 1 N–H and O–H groups in total. The van der Waals surface area contributed by atoms with E-state index in [-0.39, 0.29) is 0 Å². The fourth-order valence-corrected chi connectivity index (χ4v) is 2.67. The smallest absolute Gasteiger partial charge is 0.255 e. The zero-order chi connectivity index (χ0) is 15.2. The third-order valence-electron chi connectivity index (χ3n) is 3.04. The van der Waals surface area contributed by atoms with Crippen molar-refractivity contribution < 1.29 is 9.18 Å². The SMILES string of the molecule is CC(C)c1ccc(Sc2ccc(NC(=O)CF)cc2)cc1. The summed E-state index contributed by atoms with van der Waals surface area (Å²) in [6.45, 7) is 3.35. The molecule has 0 aliphatic heterocycles. The second-order valence-corrected chi connectivity index (χ2v) is 6.18. The molecule has 0 aliphatic carbocycles. The van der Waals surface area contributed by atoms with Crippen LogP contribution in [0.1, 0.15) is 25.3 Å². The highest BCUT2D eigenvalue weighted by Crippen LogP contribution is 2.29. The quantitative estimate of drug-likeness (QED) is 0.854. The Hall–Kier alpha value is -1.81. The van der Waals surface area contributed by atoms with Gasteiger partial charge < -0.3 is 5.32 Å². The lowest BCUT2D eigenvalue weighted by molar-refractivity contribution is -0.117. The Balaban J connectivity index is 2.01. The zero-order valence-electron chi connectivity index (χ0n) is 12.1. The molecule has 2 rings (SSSR count). The van der Waals surface area contributed by atoms with Crippen LogP contribution in [0.15, 0.2) is 58.3 Å². The van der Waals surface area contributed by atoms with Crippen molar-refractivity contribution in [2.75, 3.05) is 12.0 Å². The van der Waals surface area contributed by atoms with Crippen LogP contribution in [0.5, 0.6) is 0 Å². The first-order valence-electron chi connectivity index (χ1n) is 6.82. The van der Waals surface area contributed by atoms with Gasteiger partial charge in [0.05, 0.1) is 0 Å². The second-order valence-electron chi connectivity index (χ2n) is 5.03. The molecule has 1 amide bonds. The van der Waals surface area contributed by atoms with Crippen molar-refractivity contribution in [3.8, 4) is 0 Å². The summed E-state index contributed by atoms with van der Waals surface area (Å²) in [7, 11) is 0. The molecule has 2 aromatic rings. The summed E-state index contributed by atoms with van der Waals surface area (Å²) in [5.74, 6) is -0.0953. The summed E-state index contributed by atoms with van der Waals surface area (Å²) in [6, 6.07) is 15.9. The number of nitrogens with one attached hydrogen (secondary N) is 1. The average molecular weight is 303 g/mol. The Morgan fingerprint density at radius 2 is 1.57 bits per heavy atom. The lowest BCUT2D eigenvalue weighted by Crippen LogP contribution is -2.12. The Bertz CT molecular complexity index is 593. The highest BCUT2D eigenvalue weighted by molar-refractivity contribution is 7.99. The van der Waals surface area contributed by atoms with E-state index in [0.29, 0.717) is 11.6 Å². The lowest BCUT2D eigenvalue weighted by Gasteiger charge is -2.07. The first-order chi connectivity index (χ1) is 10.1. The molecule has 0 saturated heterocycles. The van der Waals surface area contributed by atoms with Crippen LogP contribution in [0.25, 0.3) is 0 Å². The summed E-state index contributed by atoms with van der Waals surface area (Å²) < 4.78 is 12.1. The third kappa shape index (κ3) is 4.60. The number of alkyl halides is 1. The largest absolute Gasteiger partial charge is 0.324 e. The minimum atomic E-state index is -1.00. The van der Waals surface area contributed by atoms with Crippen molar-refractivity contribution in [2.24, 2.45) is 0 Å². The van der Waals surface area contributed by atoms with Crippen LogP contribution >= 0.6 is 11.8 Å². The van der Waals surface area contributed by atoms with Gasteiger partial charge in [-0.3, -0.25) is 4.79 Å². The van der Waals surface area contributed by atoms with Gasteiger partial charge in [0.2, 0.25) is 0 Å². The zero-order valence-corrected chi connectivity index (χ0v) is 12.9. The molecule has 0 heterocycles. The van der Waals surface area contributed by atoms with Crippen LogP contribution in [-0.4, -0.2) is 12.6 Å². The third-order valence-corrected chi connectivity index (χ3v) is 4.06. The highest BCUT2D eigenvalue weighted by atomic mass is 32.2. The van der Waals surface area contributed by atoms with Crippen LogP contribution in [0, 0.1) is 0 Å². The predicted molar refractivity (Wildman–Crippen MR) is 85.7 cm³/mol. The van der Waals surface area contributed by atoms with Crippen molar-refractivity contribution in [1.29, 1.82) is 0 Å². The number of rotatable bonds is 5. The van der Waals surface area contributed by atoms with Gasteiger partial charge in [-0.15, -0.1) is 0 Å². The van der Waals surface area contributed by atoms with E-state index >= 15 is 0 Å². The fourth-order valence-electron chi connectivity index (χ4n) is 1.86. The first kappa shape index (κ1) is 15.6. The standard InChI is InChI=1S/C17H18FNOS/c1-12(2)13-3-7-15(8-4-13)21-16-9-5-14(6-10-16)19-17(20)11-18/h3-10,12H,11H2,1-2H3,(H,19,20). The summed E-state index contributed by atoms with van der Waals surface area (Å²) in [4.78, 5) is 13.2. The lowest BCUT2D eigenvalue weighted by atomic mass is 10.0. The maximum atomic E-state index is 12.1. The van der Waals surface area contributed by atoms with E-state index in [4.69, 9.17) is 0 Å². The van der Waals surface area contributed by atoms with E-state index in [1.807, 2.05) is 12.1 Å². The maximum absolute atomic E-state index is 12.1. The molecule has 110 valence electrons. The van der Waals surface area contributed by atoms with Gasteiger partial charge >= 0.3 is 0 Å². The van der Waals surface area contributed by atoms with E-state index in [1.54, 1.807) is 23.9 Å². The van der Waals surface area contributed by atoms with Gasteiger partial charge in [0.15, 0.2) is 6.67 Å².